The van der Waals surface area contributed by atoms with Crippen LogP contribution in [0.15, 0.2) is 41.3 Å². The number of carbonyl (C=O) groups is 2. The Labute approximate surface area is 180 Å². The number of esters is 1. The smallest absolute Gasteiger partial charge is 0.344 e. The van der Waals surface area contributed by atoms with Gasteiger partial charge >= 0.3 is 5.97 Å². The Bertz CT molecular complexity index is 1270. The average molecular weight is 445 g/mol. The maximum Gasteiger partial charge on any atom is 0.344 e. The third-order valence-electron chi connectivity index (χ3n) is 4.39. The van der Waals surface area contributed by atoms with Gasteiger partial charge in [-0.25, -0.2) is 9.78 Å². The number of fused-ring (bicyclic) bond motifs is 1. The number of anilines is 1. The number of hydrogen-bond acceptors (Lipinski definition) is 7. The summed E-state index contributed by atoms with van der Waals surface area (Å²) in [6, 6.07) is 6.78. The van der Waals surface area contributed by atoms with Gasteiger partial charge in [-0.15, -0.1) is 0 Å². The normalized spacial score (nSPS) is 10.7. The van der Waals surface area contributed by atoms with Gasteiger partial charge in [0, 0.05) is 30.6 Å². The number of halogens is 1. The molecule has 3 rings (SSSR count). The van der Waals surface area contributed by atoms with Crippen molar-refractivity contribution in [2.24, 2.45) is 0 Å². The van der Waals surface area contributed by atoms with Crippen molar-refractivity contribution < 1.29 is 19.2 Å². The Morgan fingerprint density at radius 1 is 1.29 bits per heavy atom. The molecule has 0 unspecified atom stereocenters. The molecule has 1 amide bonds. The quantitative estimate of drug-likeness (QED) is 0.350. The van der Waals surface area contributed by atoms with Gasteiger partial charge in [0.1, 0.15) is 11.2 Å². The van der Waals surface area contributed by atoms with Crippen LogP contribution in [0.3, 0.4) is 0 Å². The number of ether oxygens (including phenoxy) is 1. The van der Waals surface area contributed by atoms with E-state index >= 15 is 0 Å². The van der Waals surface area contributed by atoms with E-state index in [0.29, 0.717) is 12.2 Å². The molecule has 160 valence electrons. The fourth-order valence-corrected chi connectivity index (χ4v) is 3.03. The van der Waals surface area contributed by atoms with E-state index in [0.717, 1.165) is 11.8 Å². The maximum absolute atomic E-state index is 12.7. The van der Waals surface area contributed by atoms with E-state index in [2.05, 4.69) is 10.3 Å². The van der Waals surface area contributed by atoms with E-state index in [1.54, 1.807) is 23.6 Å². The Balaban J connectivity index is 1.77. The Morgan fingerprint density at radius 2 is 2.03 bits per heavy atom. The largest absolute Gasteiger partial charge is 0.452 e. The number of hydrogen-bond donors (Lipinski definition) is 1. The highest BCUT2D eigenvalue weighted by atomic mass is 35.5. The van der Waals surface area contributed by atoms with Crippen molar-refractivity contribution in [3.8, 4) is 0 Å². The topological polar surface area (TPSA) is 133 Å². The predicted octanol–water partition coefficient (Wildman–Crippen LogP) is 3.08. The van der Waals surface area contributed by atoms with E-state index in [1.807, 2.05) is 6.92 Å². The molecule has 2 aromatic heterocycles. The average Bonchev–Trinajstić information content (AvgIpc) is 2.73. The van der Waals surface area contributed by atoms with Gasteiger partial charge in [-0.1, -0.05) is 11.6 Å². The molecule has 0 atom stereocenters. The first kappa shape index (κ1) is 21.9. The highest BCUT2D eigenvalue weighted by Gasteiger charge is 2.19. The summed E-state index contributed by atoms with van der Waals surface area (Å²) in [7, 11) is 0. The van der Waals surface area contributed by atoms with Crippen LogP contribution in [-0.4, -0.2) is 33.0 Å². The number of amides is 1. The van der Waals surface area contributed by atoms with Gasteiger partial charge in [0.15, 0.2) is 6.61 Å². The molecule has 0 aliphatic rings. The molecule has 0 bridgehead atoms. The number of nitro benzene ring substituents is 1. The first-order valence-corrected chi connectivity index (χ1v) is 9.50. The SMILES string of the molecule is CCn1cc(C(=O)OCC(=O)Nc2cc([N+](=O)[O-])ccc2Cl)c(=O)c2ccc(C)nc21. The number of nitro groups is 1. The zero-order valence-corrected chi connectivity index (χ0v) is 17.3. The molecular formula is C20H17ClN4O6. The van der Waals surface area contributed by atoms with Crippen LogP contribution >= 0.6 is 11.6 Å². The Hall–Kier alpha value is -3.79. The molecule has 0 saturated heterocycles. The Kier molecular flexibility index (Phi) is 6.30. The summed E-state index contributed by atoms with van der Waals surface area (Å²) >= 11 is 5.93. The van der Waals surface area contributed by atoms with Gasteiger partial charge in [0.25, 0.3) is 11.6 Å². The second-order valence-electron chi connectivity index (χ2n) is 6.53. The number of aromatic nitrogens is 2. The summed E-state index contributed by atoms with van der Waals surface area (Å²) in [5.41, 5.74) is 0.109. The van der Waals surface area contributed by atoms with E-state index in [1.165, 1.54) is 18.3 Å². The summed E-state index contributed by atoms with van der Waals surface area (Å²) in [4.78, 5) is 51.9. The molecule has 1 N–H and O–H groups in total. The van der Waals surface area contributed by atoms with Gasteiger partial charge < -0.3 is 14.6 Å². The van der Waals surface area contributed by atoms with Crippen LogP contribution in [0.5, 0.6) is 0 Å². The summed E-state index contributed by atoms with van der Waals surface area (Å²) in [6.07, 6.45) is 1.34. The fraction of sp³-hybridized carbons (Fsp3) is 0.200. The van der Waals surface area contributed by atoms with Crippen LogP contribution in [0, 0.1) is 17.0 Å². The first-order chi connectivity index (χ1) is 14.7. The molecule has 11 heteroatoms. The second-order valence-corrected chi connectivity index (χ2v) is 6.93. The number of benzene rings is 1. The van der Waals surface area contributed by atoms with Gasteiger partial charge in [0.05, 0.1) is 21.0 Å². The first-order valence-electron chi connectivity index (χ1n) is 9.13. The third kappa shape index (κ3) is 4.69. The zero-order chi connectivity index (χ0) is 22.7. The van der Waals surface area contributed by atoms with Crippen LogP contribution in [0.4, 0.5) is 11.4 Å². The van der Waals surface area contributed by atoms with E-state index in [9.17, 15) is 24.5 Å². The molecule has 3 aromatic rings. The standard InChI is InChI=1S/C20H17ClN4O6/c1-3-24-9-14(18(27)13-6-4-11(2)22-19(13)24)20(28)31-10-17(26)23-16-8-12(25(29)30)5-7-15(16)21/h4-9H,3,10H2,1-2H3,(H,23,26). The highest BCUT2D eigenvalue weighted by Crippen LogP contribution is 2.26. The molecule has 1 aromatic carbocycles. The van der Waals surface area contributed by atoms with Crippen molar-refractivity contribution in [3.05, 3.63) is 73.1 Å². The van der Waals surface area contributed by atoms with Crippen molar-refractivity contribution in [2.45, 2.75) is 20.4 Å². The lowest BCUT2D eigenvalue weighted by Crippen LogP contribution is -2.25. The highest BCUT2D eigenvalue weighted by molar-refractivity contribution is 6.33. The molecular weight excluding hydrogens is 428 g/mol. The maximum atomic E-state index is 12.7. The molecule has 10 nitrogen and oxygen atoms in total. The van der Waals surface area contributed by atoms with Gasteiger partial charge in [-0.3, -0.25) is 19.7 Å². The number of rotatable bonds is 6. The van der Waals surface area contributed by atoms with Gasteiger partial charge in [0.2, 0.25) is 5.43 Å². The van der Waals surface area contributed by atoms with Crippen LogP contribution in [0.25, 0.3) is 11.0 Å². The van der Waals surface area contributed by atoms with Crippen molar-refractivity contribution in [2.75, 3.05) is 11.9 Å². The van der Waals surface area contributed by atoms with Crippen LogP contribution in [0.2, 0.25) is 5.02 Å². The van der Waals surface area contributed by atoms with E-state index in [-0.39, 0.29) is 27.3 Å². The lowest BCUT2D eigenvalue weighted by molar-refractivity contribution is -0.384. The molecule has 0 aliphatic heterocycles. The number of pyridine rings is 2. The molecule has 2 heterocycles. The minimum atomic E-state index is -0.977. The molecule has 0 saturated carbocycles. The van der Waals surface area contributed by atoms with Crippen molar-refractivity contribution in [1.29, 1.82) is 0 Å². The number of non-ortho nitro benzene ring substituents is 1. The molecule has 31 heavy (non-hydrogen) atoms. The number of nitrogens with zero attached hydrogens (tertiary/aromatic N) is 3. The summed E-state index contributed by atoms with van der Waals surface area (Å²) in [5, 5.41) is 13.5. The zero-order valence-electron chi connectivity index (χ0n) is 16.5. The number of nitrogens with one attached hydrogen (secondary N) is 1. The molecule has 0 spiro atoms. The second kappa shape index (κ2) is 8.92. The summed E-state index contributed by atoms with van der Waals surface area (Å²) < 4.78 is 6.61. The molecule has 0 radical (unpaired) electrons. The lowest BCUT2D eigenvalue weighted by Gasteiger charge is -2.11. The van der Waals surface area contributed by atoms with Crippen LogP contribution in [0.1, 0.15) is 23.0 Å². The van der Waals surface area contributed by atoms with Crippen LogP contribution < -0.4 is 10.7 Å². The Morgan fingerprint density at radius 3 is 2.71 bits per heavy atom. The van der Waals surface area contributed by atoms with E-state index < -0.39 is 28.8 Å². The van der Waals surface area contributed by atoms with Crippen molar-refractivity contribution >= 4 is 45.9 Å². The predicted molar refractivity (Wildman–Crippen MR) is 113 cm³/mol. The van der Waals surface area contributed by atoms with Crippen LogP contribution in [-0.2, 0) is 16.1 Å². The lowest BCUT2D eigenvalue weighted by atomic mass is 10.2. The van der Waals surface area contributed by atoms with Crippen molar-refractivity contribution in [3.63, 3.8) is 0 Å². The molecule has 0 fully saturated rings. The minimum absolute atomic E-state index is 0.00240. The van der Waals surface area contributed by atoms with E-state index in [4.69, 9.17) is 16.3 Å². The number of aryl methyl sites for hydroxylation is 2. The summed E-state index contributed by atoms with van der Waals surface area (Å²) in [5.74, 6) is -1.75. The monoisotopic (exact) mass is 444 g/mol. The molecule has 0 aliphatic carbocycles. The number of carbonyl (C=O) groups excluding carboxylic acids is 2. The van der Waals surface area contributed by atoms with Crippen molar-refractivity contribution in [1.82, 2.24) is 9.55 Å². The van der Waals surface area contributed by atoms with Gasteiger partial charge in [-0.2, -0.15) is 0 Å². The fourth-order valence-electron chi connectivity index (χ4n) is 2.86. The third-order valence-corrected chi connectivity index (χ3v) is 4.72. The van der Waals surface area contributed by atoms with Gasteiger partial charge in [-0.05, 0) is 32.0 Å². The minimum Gasteiger partial charge on any atom is -0.452 e. The summed E-state index contributed by atoms with van der Waals surface area (Å²) in [6.45, 7) is 3.37.